The highest BCUT2D eigenvalue weighted by atomic mass is 79.9. The molecule has 100 valence electrons. The fraction of sp³-hybridized carbons (Fsp3) is 0.0667. The Morgan fingerprint density at radius 1 is 1.15 bits per heavy atom. The van der Waals surface area contributed by atoms with Crippen LogP contribution in [0.5, 0.6) is 0 Å². The molecule has 3 aromatic rings. The maximum atomic E-state index is 4.49. The smallest absolute Gasteiger partial charge is 0.204 e. The van der Waals surface area contributed by atoms with Crippen LogP contribution in [0.1, 0.15) is 12.5 Å². The Kier molecular flexibility index (Phi) is 3.80. The van der Waals surface area contributed by atoms with Crippen LogP contribution in [-0.2, 0) is 0 Å². The summed E-state index contributed by atoms with van der Waals surface area (Å²) in [7, 11) is 0. The predicted molar refractivity (Wildman–Crippen MR) is 89.6 cm³/mol. The third-order valence-corrected chi connectivity index (χ3v) is 4.34. The number of anilines is 1. The number of hydrazone groups is 1. The van der Waals surface area contributed by atoms with Gasteiger partial charge in [-0.05, 0) is 36.8 Å². The molecule has 0 fully saturated rings. The number of nitrogens with zero attached hydrogens (tertiary/aromatic N) is 2. The van der Waals surface area contributed by atoms with Crippen LogP contribution in [0.2, 0.25) is 0 Å². The highest BCUT2D eigenvalue weighted by Gasteiger charge is 2.02. The second-order valence-corrected chi connectivity index (χ2v) is 6.25. The number of hydrogen-bond donors (Lipinski definition) is 1. The lowest BCUT2D eigenvalue weighted by molar-refractivity contribution is 1.29. The van der Waals surface area contributed by atoms with Crippen LogP contribution in [-0.4, -0.2) is 10.7 Å². The fourth-order valence-electron chi connectivity index (χ4n) is 1.81. The minimum absolute atomic E-state index is 0.808. The molecule has 0 unspecified atom stereocenters. The number of nitrogens with one attached hydrogen (secondary N) is 1. The number of para-hydroxylation sites is 1. The lowest BCUT2D eigenvalue weighted by Crippen LogP contribution is -1.99. The van der Waals surface area contributed by atoms with E-state index in [9.17, 15) is 0 Å². The number of benzene rings is 2. The van der Waals surface area contributed by atoms with Gasteiger partial charge in [-0.1, -0.05) is 51.5 Å². The number of aromatic nitrogens is 1. The highest BCUT2D eigenvalue weighted by molar-refractivity contribution is 9.10. The fourth-order valence-corrected chi connectivity index (χ4v) is 2.88. The third-order valence-electron chi connectivity index (χ3n) is 2.88. The average molecular weight is 346 g/mol. The number of fused-ring (bicyclic) bond motifs is 1. The van der Waals surface area contributed by atoms with Crippen LogP contribution in [0, 0.1) is 0 Å². The number of rotatable bonds is 3. The van der Waals surface area contributed by atoms with Crippen LogP contribution >= 0.6 is 27.3 Å². The van der Waals surface area contributed by atoms with E-state index >= 15 is 0 Å². The zero-order chi connectivity index (χ0) is 13.9. The van der Waals surface area contributed by atoms with Gasteiger partial charge in [0.15, 0.2) is 0 Å². The molecule has 0 aliphatic rings. The van der Waals surface area contributed by atoms with Crippen LogP contribution in [0.25, 0.3) is 10.2 Å². The summed E-state index contributed by atoms with van der Waals surface area (Å²) in [5, 5.41) is 5.20. The molecule has 0 bridgehead atoms. The van der Waals surface area contributed by atoms with Gasteiger partial charge in [-0.25, -0.2) is 4.98 Å². The number of hydrogen-bond acceptors (Lipinski definition) is 4. The van der Waals surface area contributed by atoms with E-state index in [4.69, 9.17) is 0 Å². The molecule has 1 aromatic heterocycles. The predicted octanol–water partition coefficient (Wildman–Crippen LogP) is 4.89. The van der Waals surface area contributed by atoms with Crippen molar-refractivity contribution in [2.24, 2.45) is 5.10 Å². The number of thiazole rings is 1. The summed E-state index contributed by atoms with van der Waals surface area (Å²) in [4.78, 5) is 4.49. The minimum atomic E-state index is 0.808. The normalized spacial score (nSPS) is 11.8. The molecule has 1 heterocycles. The lowest BCUT2D eigenvalue weighted by Gasteiger charge is -2.01. The Labute approximate surface area is 129 Å². The summed E-state index contributed by atoms with van der Waals surface area (Å²) in [6.07, 6.45) is 0. The first-order valence-corrected chi connectivity index (χ1v) is 7.75. The molecule has 3 nitrogen and oxygen atoms in total. The summed E-state index contributed by atoms with van der Waals surface area (Å²) in [5.41, 5.74) is 6.04. The van der Waals surface area contributed by atoms with Crippen LogP contribution in [0.3, 0.4) is 0 Å². The molecule has 0 radical (unpaired) electrons. The van der Waals surface area contributed by atoms with Crippen molar-refractivity contribution in [2.75, 3.05) is 5.43 Å². The van der Waals surface area contributed by atoms with Gasteiger partial charge < -0.3 is 0 Å². The van der Waals surface area contributed by atoms with Crippen LogP contribution < -0.4 is 5.43 Å². The molecular weight excluding hydrogens is 334 g/mol. The second-order valence-electron chi connectivity index (χ2n) is 4.30. The first-order chi connectivity index (χ1) is 9.72. The zero-order valence-electron chi connectivity index (χ0n) is 10.8. The Bertz CT molecular complexity index is 729. The summed E-state index contributed by atoms with van der Waals surface area (Å²) < 4.78 is 2.22. The molecule has 0 spiro atoms. The summed E-state index contributed by atoms with van der Waals surface area (Å²) in [6, 6.07) is 16.1. The quantitative estimate of drug-likeness (QED) is 0.541. The summed E-state index contributed by atoms with van der Waals surface area (Å²) >= 11 is 5.03. The minimum Gasteiger partial charge on any atom is -0.252 e. The van der Waals surface area contributed by atoms with Gasteiger partial charge in [-0.3, -0.25) is 5.43 Å². The molecule has 0 aliphatic heterocycles. The van der Waals surface area contributed by atoms with Crippen LogP contribution in [0.4, 0.5) is 5.13 Å². The van der Waals surface area contributed by atoms with Crippen molar-refractivity contribution in [3.05, 3.63) is 58.6 Å². The summed E-state index contributed by atoms with van der Waals surface area (Å²) in [5.74, 6) is 0. The molecule has 0 aliphatic carbocycles. The van der Waals surface area contributed by atoms with Gasteiger partial charge in [0, 0.05) is 4.47 Å². The van der Waals surface area contributed by atoms with E-state index in [1.807, 2.05) is 49.4 Å². The molecule has 0 saturated heterocycles. The lowest BCUT2D eigenvalue weighted by atomic mass is 10.1. The van der Waals surface area contributed by atoms with Crippen molar-refractivity contribution < 1.29 is 0 Å². The third kappa shape index (κ3) is 2.89. The maximum Gasteiger partial charge on any atom is 0.204 e. The largest absolute Gasteiger partial charge is 0.252 e. The van der Waals surface area contributed by atoms with E-state index in [1.54, 1.807) is 11.3 Å². The molecule has 2 aromatic carbocycles. The van der Waals surface area contributed by atoms with E-state index in [0.717, 1.165) is 31.1 Å². The van der Waals surface area contributed by atoms with Crippen molar-refractivity contribution in [1.29, 1.82) is 0 Å². The Morgan fingerprint density at radius 3 is 2.65 bits per heavy atom. The maximum absolute atomic E-state index is 4.49. The van der Waals surface area contributed by atoms with Crippen molar-refractivity contribution >= 4 is 48.3 Å². The van der Waals surface area contributed by atoms with E-state index in [-0.39, 0.29) is 0 Å². The second kappa shape index (κ2) is 5.73. The van der Waals surface area contributed by atoms with Crippen molar-refractivity contribution in [1.82, 2.24) is 4.98 Å². The molecule has 1 N–H and O–H groups in total. The van der Waals surface area contributed by atoms with Crippen molar-refractivity contribution in [3.8, 4) is 0 Å². The van der Waals surface area contributed by atoms with E-state index in [0.29, 0.717) is 0 Å². The van der Waals surface area contributed by atoms with Gasteiger partial charge >= 0.3 is 0 Å². The SMILES string of the molecule is CC(=NNc1nc2ccccc2s1)c1ccc(Br)cc1. The molecular formula is C15H12BrN3S. The number of halogens is 1. The van der Waals surface area contributed by atoms with Crippen molar-refractivity contribution in [2.45, 2.75) is 6.92 Å². The van der Waals surface area contributed by atoms with E-state index < -0.39 is 0 Å². The molecule has 20 heavy (non-hydrogen) atoms. The van der Waals surface area contributed by atoms with E-state index in [2.05, 4.69) is 37.5 Å². The van der Waals surface area contributed by atoms with E-state index in [1.165, 1.54) is 0 Å². The summed E-state index contributed by atoms with van der Waals surface area (Å²) in [6.45, 7) is 1.98. The Hall–Kier alpha value is -1.72. The highest BCUT2D eigenvalue weighted by Crippen LogP contribution is 2.25. The molecule has 0 amide bonds. The topological polar surface area (TPSA) is 37.3 Å². The molecule has 5 heteroatoms. The average Bonchev–Trinajstić information content (AvgIpc) is 2.88. The van der Waals surface area contributed by atoms with Gasteiger partial charge in [-0.2, -0.15) is 5.10 Å². The molecule has 0 atom stereocenters. The molecule has 3 rings (SSSR count). The first-order valence-electron chi connectivity index (χ1n) is 6.14. The zero-order valence-corrected chi connectivity index (χ0v) is 13.2. The monoisotopic (exact) mass is 345 g/mol. The van der Waals surface area contributed by atoms with Crippen molar-refractivity contribution in [3.63, 3.8) is 0 Å². The Morgan fingerprint density at radius 2 is 1.90 bits per heavy atom. The van der Waals surface area contributed by atoms with Gasteiger partial charge in [-0.15, -0.1) is 0 Å². The van der Waals surface area contributed by atoms with Gasteiger partial charge in [0.2, 0.25) is 5.13 Å². The molecule has 0 saturated carbocycles. The van der Waals surface area contributed by atoms with Gasteiger partial charge in [0.25, 0.3) is 0 Å². The van der Waals surface area contributed by atoms with Gasteiger partial charge in [0.05, 0.1) is 15.9 Å². The first kappa shape index (κ1) is 13.3. The standard InChI is InChI=1S/C15H12BrN3S/c1-10(11-6-8-12(16)9-7-11)18-19-15-17-13-4-2-3-5-14(13)20-15/h2-9H,1H3,(H,17,19). The van der Waals surface area contributed by atoms with Crippen LogP contribution in [0.15, 0.2) is 58.1 Å². The van der Waals surface area contributed by atoms with Gasteiger partial charge in [0.1, 0.15) is 0 Å². The Balaban J connectivity index is 1.80.